The summed E-state index contributed by atoms with van der Waals surface area (Å²) in [5.74, 6) is 0.0432. The molecule has 3 heterocycles. The Morgan fingerprint density at radius 2 is 2.08 bits per heavy atom. The molecule has 1 amide bonds. The average Bonchev–Trinajstić information content (AvgIpc) is 3.20. The number of aliphatic hydroxyl groups is 1. The first-order valence-electron chi connectivity index (χ1n) is 8.57. The maximum Gasteiger partial charge on any atom is 0.255 e. The van der Waals surface area contributed by atoms with Gasteiger partial charge in [-0.15, -0.1) is 0 Å². The number of hydrogen-bond donors (Lipinski definition) is 1. The highest BCUT2D eigenvalue weighted by Gasteiger charge is 2.33. The van der Waals surface area contributed by atoms with Crippen LogP contribution >= 0.6 is 11.5 Å². The summed E-state index contributed by atoms with van der Waals surface area (Å²) in [6, 6.07) is 2.19. The van der Waals surface area contributed by atoms with E-state index in [0.717, 1.165) is 48.3 Å². The minimum atomic E-state index is -0.201. The van der Waals surface area contributed by atoms with Crippen LogP contribution in [0.25, 0.3) is 10.2 Å². The molecule has 128 valence electrons. The quantitative estimate of drug-likeness (QED) is 0.896. The average molecular weight is 346 g/mol. The number of aliphatic hydroxyl groups excluding tert-OH is 1. The number of carbonyl (C=O) groups excluding carboxylic acids is 1. The molecule has 0 spiro atoms. The summed E-state index contributed by atoms with van der Waals surface area (Å²) in [7, 11) is 0. The zero-order chi connectivity index (χ0) is 16.7. The summed E-state index contributed by atoms with van der Waals surface area (Å²) in [6.07, 6.45) is 4.54. The Balaban J connectivity index is 1.44. The molecule has 0 aromatic carbocycles. The predicted octanol–water partition coefficient (Wildman–Crippen LogP) is 1.67. The minimum absolute atomic E-state index is 0.0432. The van der Waals surface area contributed by atoms with Gasteiger partial charge in [0.1, 0.15) is 4.83 Å². The Bertz CT molecular complexity index is 754. The Labute approximate surface area is 145 Å². The standard InChI is InChI=1S/C17H22N4O2S/c1-11-13-9-12(10-18-16(13)24-19-11)17(23)21-7-5-20(6-8-21)14-3-2-4-15(14)22/h9-10,14-15,22H,2-8H2,1H3/t14-,15+/m1/s1. The zero-order valence-corrected chi connectivity index (χ0v) is 14.6. The van der Waals surface area contributed by atoms with Gasteiger partial charge < -0.3 is 10.0 Å². The molecule has 0 bridgehead atoms. The maximum absolute atomic E-state index is 12.8. The van der Waals surface area contributed by atoms with Crippen LogP contribution in [0.5, 0.6) is 0 Å². The van der Waals surface area contributed by atoms with Gasteiger partial charge in [-0.3, -0.25) is 9.69 Å². The molecule has 0 unspecified atom stereocenters. The predicted molar refractivity (Wildman–Crippen MR) is 93.3 cm³/mol. The van der Waals surface area contributed by atoms with Gasteiger partial charge in [-0.05, 0) is 43.8 Å². The van der Waals surface area contributed by atoms with Gasteiger partial charge in [0, 0.05) is 43.8 Å². The van der Waals surface area contributed by atoms with E-state index in [1.807, 2.05) is 17.9 Å². The molecule has 0 radical (unpaired) electrons. The van der Waals surface area contributed by atoms with Crippen LogP contribution in [-0.4, -0.2) is 68.5 Å². The van der Waals surface area contributed by atoms with E-state index in [0.29, 0.717) is 18.7 Å². The molecule has 2 aromatic rings. The van der Waals surface area contributed by atoms with Crippen molar-refractivity contribution in [2.75, 3.05) is 26.2 Å². The number of aryl methyl sites for hydroxylation is 1. The van der Waals surface area contributed by atoms with Crippen molar-refractivity contribution in [2.24, 2.45) is 0 Å². The Kier molecular flexibility index (Phi) is 4.24. The number of fused-ring (bicyclic) bond motifs is 1. The smallest absolute Gasteiger partial charge is 0.255 e. The van der Waals surface area contributed by atoms with Crippen LogP contribution in [0.3, 0.4) is 0 Å². The fraction of sp³-hybridized carbons (Fsp3) is 0.588. The summed E-state index contributed by atoms with van der Waals surface area (Å²) in [5, 5.41) is 11.0. The molecule has 1 aliphatic heterocycles. The molecule has 1 saturated carbocycles. The molecule has 1 aliphatic carbocycles. The van der Waals surface area contributed by atoms with Crippen LogP contribution in [0.1, 0.15) is 35.3 Å². The number of hydrogen-bond acceptors (Lipinski definition) is 6. The van der Waals surface area contributed by atoms with Gasteiger partial charge in [0.2, 0.25) is 0 Å². The van der Waals surface area contributed by atoms with Crippen LogP contribution in [0.15, 0.2) is 12.3 Å². The molecular formula is C17H22N4O2S. The molecule has 4 rings (SSSR count). The lowest BCUT2D eigenvalue weighted by atomic mass is 10.1. The first-order valence-corrected chi connectivity index (χ1v) is 9.34. The van der Waals surface area contributed by atoms with Crippen molar-refractivity contribution in [1.29, 1.82) is 0 Å². The van der Waals surface area contributed by atoms with Crippen molar-refractivity contribution in [3.05, 3.63) is 23.5 Å². The van der Waals surface area contributed by atoms with E-state index in [2.05, 4.69) is 14.3 Å². The molecular weight excluding hydrogens is 324 g/mol. The molecule has 1 saturated heterocycles. The number of amides is 1. The van der Waals surface area contributed by atoms with E-state index >= 15 is 0 Å². The summed E-state index contributed by atoms with van der Waals surface area (Å²) in [4.78, 5) is 22.3. The van der Waals surface area contributed by atoms with Gasteiger partial charge in [0.25, 0.3) is 5.91 Å². The van der Waals surface area contributed by atoms with E-state index in [1.165, 1.54) is 11.5 Å². The topological polar surface area (TPSA) is 69.6 Å². The van der Waals surface area contributed by atoms with Crippen molar-refractivity contribution in [3.8, 4) is 0 Å². The maximum atomic E-state index is 12.8. The second kappa shape index (κ2) is 6.38. The third kappa shape index (κ3) is 2.81. The van der Waals surface area contributed by atoms with Crippen molar-refractivity contribution < 1.29 is 9.90 Å². The lowest BCUT2D eigenvalue weighted by Crippen LogP contribution is -2.53. The number of rotatable bonds is 2. The fourth-order valence-corrected chi connectivity index (χ4v) is 4.57. The number of aromatic nitrogens is 2. The van der Waals surface area contributed by atoms with E-state index in [1.54, 1.807) is 6.20 Å². The van der Waals surface area contributed by atoms with Gasteiger partial charge in [-0.25, -0.2) is 4.98 Å². The van der Waals surface area contributed by atoms with Crippen LogP contribution in [-0.2, 0) is 0 Å². The number of nitrogens with zero attached hydrogens (tertiary/aromatic N) is 4. The van der Waals surface area contributed by atoms with E-state index in [9.17, 15) is 9.90 Å². The molecule has 2 aromatic heterocycles. The lowest BCUT2D eigenvalue weighted by molar-refractivity contribution is 0.0315. The van der Waals surface area contributed by atoms with Gasteiger partial charge in [-0.1, -0.05) is 0 Å². The normalized spacial score (nSPS) is 25.5. The van der Waals surface area contributed by atoms with Gasteiger partial charge in [0.15, 0.2) is 0 Å². The highest BCUT2D eigenvalue weighted by Crippen LogP contribution is 2.26. The Morgan fingerprint density at radius 3 is 2.79 bits per heavy atom. The summed E-state index contributed by atoms with van der Waals surface area (Å²) >= 11 is 1.37. The first kappa shape index (κ1) is 15.9. The molecule has 2 aliphatic rings. The largest absolute Gasteiger partial charge is 0.391 e. The summed E-state index contributed by atoms with van der Waals surface area (Å²) in [5.41, 5.74) is 1.57. The molecule has 24 heavy (non-hydrogen) atoms. The van der Waals surface area contributed by atoms with Crippen LogP contribution in [0, 0.1) is 6.92 Å². The molecule has 2 atom stereocenters. The highest BCUT2D eigenvalue weighted by atomic mass is 32.1. The molecule has 7 heteroatoms. The monoisotopic (exact) mass is 346 g/mol. The fourth-order valence-electron chi connectivity index (χ4n) is 3.85. The first-order chi connectivity index (χ1) is 11.6. The van der Waals surface area contributed by atoms with E-state index < -0.39 is 0 Å². The third-order valence-electron chi connectivity index (χ3n) is 5.27. The van der Waals surface area contributed by atoms with Crippen molar-refractivity contribution in [1.82, 2.24) is 19.2 Å². The van der Waals surface area contributed by atoms with E-state index in [-0.39, 0.29) is 18.1 Å². The Morgan fingerprint density at radius 1 is 1.29 bits per heavy atom. The number of pyridine rings is 1. The number of carbonyl (C=O) groups is 1. The van der Waals surface area contributed by atoms with Crippen LogP contribution in [0.2, 0.25) is 0 Å². The minimum Gasteiger partial charge on any atom is -0.391 e. The van der Waals surface area contributed by atoms with Crippen molar-refractivity contribution in [2.45, 2.75) is 38.3 Å². The van der Waals surface area contributed by atoms with Gasteiger partial charge >= 0.3 is 0 Å². The van der Waals surface area contributed by atoms with Crippen molar-refractivity contribution in [3.63, 3.8) is 0 Å². The SMILES string of the molecule is Cc1nsc2ncc(C(=O)N3CCN([C@@H]4CCC[C@@H]4O)CC3)cc12. The second-order valence-corrected chi connectivity index (χ2v) is 7.49. The van der Waals surface area contributed by atoms with Crippen molar-refractivity contribution >= 4 is 27.7 Å². The molecule has 6 nitrogen and oxygen atoms in total. The highest BCUT2D eigenvalue weighted by molar-refractivity contribution is 7.12. The summed E-state index contributed by atoms with van der Waals surface area (Å²) in [6.45, 7) is 5.03. The van der Waals surface area contributed by atoms with Gasteiger partial charge in [0.05, 0.1) is 17.4 Å². The molecule has 1 N–H and O–H groups in total. The van der Waals surface area contributed by atoms with Gasteiger partial charge in [-0.2, -0.15) is 4.37 Å². The molecule has 2 fully saturated rings. The lowest BCUT2D eigenvalue weighted by Gasteiger charge is -2.39. The van der Waals surface area contributed by atoms with Crippen LogP contribution < -0.4 is 0 Å². The van der Waals surface area contributed by atoms with Crippen LogP contribution in [0.4, 0.5) is 0 Å². The number of piperazine rings is 1. The van der Waals surface area contributed by atoms with E-state index in [4.69, 9.17) is 0 Å². The third-order valence-corrected chi connectivity index (χ3v) is 6.13. The Hall–Kier alpha value is -1.57. The second-order valence-electron chi connectivity index (χ2n) is 6.74. The zero-order valence-electron chi connectivity index (χ0n) is 13.8. The summed E-state index contributed by atoms with van der Waals surface area (Å²) < 4.78 is 4.29.